The second-order valence-electron chi connectivity index (χ2n) is 7.32. The summed E-state index contributed by atoms with van der Waals surface area (Å²) in [6.45, 7) is 7.47. The zero-order valence-electron chi connectivity index (χ0n) is 12.3. The smallest absolute Gasteiger partial charge is 0.0171 e. The van der Waals surface area contributed by atoms with Crippen molar-refractivity contribution in [2.45, 2.75) is 59.3 Å². The summed E-state index contributed by atoms with van der Waals surface area (Å²) < 4.78 is 0. The highest BCUT2D eigenvalue weighted by molar-refractivity contribution is 5.19. The molecule has 0 spiro atoms. The molecule has 100 valence electrons. The fourth-order valence-electron chi connectivity index (χ4n) is 5.25. The Bertz CT molecular complexity index is 375. The highest BCUT2D eigenvalue weighted by Gasteiger charge is 2.51. The zero-order valence-corrected chi connectivity index (χ0v) is 12.3. The SMILES string of the molecule is C/C1=C\C=C/CCC2C1CCC1(C)C(C)CCC21. The maximum atomic E-state index is 2.60. The fraction of sp³-hybridized carbons (Fsp3) is 0.778. The van der Waals surface area contributed by atoms with Crippen LogP contribution >= 0.6 is 0 Å². The predicted molar refractivity (Wildman–Crippen MR) is 78.3 cm³/mol. The lowest BCUT2D eigenvalue weighted by Crippen LogP contribution is -2.41. The first-order chi connectivity index (χ1) is 8.63. The molecule has 3 aliphatic carbocycles. The molecule has 3 aliphatic rings. The minimum absolute atomic E-state index is 0.657. The molecule has 0 amide bonds. The standard InChI is InChI=1S/C18H28/c1-13-7-5-4-6-8-16-15(13)11-12-18(3)14(2)9-10-17(16)18/h4-5,7,14-17H,6,8-12H2,1-3H3/b5-4-,13-7+. The largest absolute Gasteiger partial charge is 0.0845 e. The Morgan fingerprint density at radius 3 is 2.83 bits per heavy atom. The number of fused-ring (bicyclic) bond motifs is 3. The second-order valence-corrected chi connectivity index (χ2v) is 7.32. The van der Waals surface area contributed by atoms with Crippen LogP contribution in [0.2, 0.25) is 0 Å². The van der Waals surface area contributed by atoms with Crippen LogP contribution in [-0.4, -0.2) is 0 Å². The first-order valence-corrected chi connectivity index (χ1v) is 7.96. The molecular weight excluding hydrogens is 216 g/mol. The molecule has 0 aromatic heterocycles. The molecule has 0 heterocycles. The van der Waals surface area contributed by atoms with Crippen molar-refractivity contribution in [3.63, 3.8) is 0 Å². The van der Waals surface area contributed by atoms with Crippen molar-refractivity contribution in [1.29, 1.82) is 0 Å². The third kappa shape index (κ3) is 1.80. The molecule has 2 fully saturated rings. The Morgan fingerprint density at radius 2 is 2.00 bits per heavy atom. The topological polar surface area (TPSA) is 0 Å². The van der Waals surface area contributed by atoms with E-state index in [1.54, 1.807) is 5.57 Å². The average Bonchev–Trinajstić information content (AvgIpc) is 2.63. The first kappa shape index (κ1) is 12.5. The Labute approximate surface area is 113 Å². The van der Waals surface area contributed by atoms with Crippen LogP contribution in [0.1, 0.15) is 59.3 Å². The van der Waals surface area contributed by atoms with E-state index in [1.165, 1.54) is 38.5 Å². The number of allylic oxidation sites excluding steroid dienone is 4. The van der Waals surface area contributed by atoms with Crippen molar-refractivity contribution in [3.05, 3.63) is 23.8 Å². The summed E-state index contributed by atoms with van der Waals surface area (Å²) in [7, 11) is 0. The quantitative estimate of drug-likeness (QED) is 0.538. The normalized spacial score (nSPS) is 52.5. The monoisotopic (exact) mass is 244 g/mol. The van der Waals surface area contributed by atoms with E-state index in [4.69, 9.17) is 0 Å². The van der Waals surface area contributed by atoms with Crippen LogP contribution in [0.5, 0.6) is 0 Å². The van der Waals surface area contributed by atoms with Gasteiger partial charge in [0.15, 0.2) is 0 Å². The maximum Gasteiger partial charge on any atom is -0.0171 e. The molecule has 0 bridgehead atoms. The van der Waals surface area contributed by atoms with Crippen LogP contribution in [0.4, 0.5) is 0 Å². The Balaban J connectivity index is 1.91. The molecule has 18 heavy (non-hydrogen) atoms. The van der Waals surface area contributed by atoms with E-state index < -0.39 is 0 Å². The van der Waals surface area contributed by atoms with Crippen molar-refractivity contribution in [1.82, 2.24) is 0 Å². The van der Waals surface area contributed by atoms with E-state index in [1.807, 2.05) is 0 Å². The van der Waals surface area contributed by atoms with Crippen molar-refractivity contribution < 1.29 is 0 Å². The van der Waals surface area contributed by atoms with Gasteiger partial charge in [-0.3, -0.25) is 0 Å². The van der Waals surface area contributed by atoms with Gasteiger partial charge in [-0.1, -0.05) is 37.6 Å². The van der Waals surface area contributed by atoms with Gasteiger partial charge in [-0.2, -0.15) is 0 Å². The van der Waals surface area contributed by atoms with E-state index in [0.29, 0.717) is 5.41 Å². The third-order valence-corrected chi connectivity index (χ3v) is 6.66. The summed E-state index contributed by atoms with van der Waals surface area (Å²) in [5.41, 5.74) is 2.31. The lowest BCUT2D eigenvalue weighted by molar-refractivity contribution is 0.0247. The summed E-state index contributed by atoms with van der Waals surface area (Å²) in [6, 6.07) is 0. The van der Waals surface area contributed by atoms with Gasteiger partial charge >= 0.3 is 0 Å². The van der Waals surface area contributed by atoms with Gasteiger partial charge in [0.1, 0.15) is 0 Å². The second kappa shape index (κ2) is 4.54. The third-order valence-electron chi connectivity index (χ3n) is 6.66. The lowest BCUT2D eigenvalue weighted by atomic mass is 9.56. The van der Waals surface area contributed by atoms with Crippen molar-refractivity contribution in [3.8, 4) is 0 Å². The van der Waals surface area contributed by atoms with Gasteiger partial charge in [-0.25, -0.2) is 0 Å². The van der Waals surface area contributed by atoms with E-state index >= 15 is 0 Å². The minimum Gasteiger partial charge on any atom is -0.0845 e. The van der Waals surface area contributed by atoms with Crippen molar-refractivity contribution >= 4 is 0 Å². The first-order valence-electron chi connectivity index (χ1n) is 7.96. The van der Waals surface area contributed by atoms with Gasteiger partial charge in [0.2, 0.25) is 0 Å². The summed E-state index contributed by atoms with van der Waals surface area (Å²) in [5.74, 6) is 3.81. The number of rotatable bonds is 0. The molecular formula is C18H28. The van der Waals surface area contributed by atoms with Crippen LogP contribution in [0, 0.1) is 29.1 Å². The Morgan fingerprint density at radius 1 is 1.17 bits per heavy atom. The molecule has 0 aliphatic heterocycles. The lowest BCUT2D eigenvalue weighted by Gasteiger charge is -2.49. The van der Waals surface area contributed by atoms with Crippen LogP contribution in [0.15, 0.2) is 23.8 Å². The van der Waals surface area contributed by atoms with E-state index in [2.05, 4.69) is 39.0 Å². The minimum atomic E-state index is 0.657. The summed E-state index contributed by atoms with van der Waals surface area (Å²) in [5, 5.41) is 0. The molecule has 0 N–H and O–H groups in total. The van der Waals surface area contributed by atoms with Gasteiger partial charge in [0.05, 0.1) is 0 Å². The van der Waals surface area contributed by atoms with Gasteiger partial charge < -0.3 is 0 Å². The Hall–Kier alpha value is -0.520. The van der Waals surface area contributed by atoms with Crippen molar-refractivity contribution in [2.24, 2.45) is 29.1 Å². The molecule has 0 aromatic carbocycles. The molecule has 0 saturated heterocycles. The van der Waals surface area contributed by atoms with Gasteiger partial charge in [-0.15, -0.1) is 0 Å². The van der Waals surface area contributed by atoms with Gasteiger partial charge in [0, 0.05) is 0 Å². The molecule has 0 heteroatoms. The predicted octanol–water partition coefficient (Wildman–Crippen LogP) is 5.36. The van der Waals surface area contributed by atoms with Crippen LogP contribution in [0.25, 0.3) is 0 Å². The molecule has 5 atom stereocenters. The molecule has 2 saturated carbocycles. The maximum absolute atomic E-state index is 2.60. The van der Waals surface area contributed by atoms with E-state index in [0.717, 1.165) is 23.7 Å². The van der Waals surface area contributed by atoms with Crippen LogP contribution in [-0.2, 0) is 0 Å². The van der Waals surface area contributed by atoms with E-state index in [9.17, 15) is 0 Å². The van der Waals surface area contributed by atoms with Gasteiger partial charge in [-0.05, 0) is 74.5 Å². The molecule has 3 rings (SSSR count). The zero-order chi connectivity index (χ0) is 12.8. The highest BCUT2D eigenvalue weighted by atomic mass is 14.6. The summed E-state index contributed by atoms with van der Waals surface area (Å²) >= 11 is 0. The number of hydrogen-bond acceptors (Lipinski definition) is 0. The average molecular weight is 244 g/mol. The summed E-state index contributed by atoms with van der Waals surface area (Å²) in [4.78, 5) is 0. The van der Waals surface area contributed by atoms with Gasteiger partial charge in [0.25, 0.3) is 0 Å². The van der Waals surface area contributed by atoms with E-state index in [-0.39, 0.29) is 0 Å². The summed E-state index contributed by atoms with van der Waals surface area (Å²) in [6.07, 6.45) is 15.7. The van der Waals surface area contributed by atoms with Crippen molar-refractivity contribution in [2.75, 3.05) is 0 Å². The molecule has 0 radical (unpaired) electrons. The Kier molecular flexibility index (Phi) is 3.16. The van der Waals surface area contributed by atoms with Crippen LogP contribution < -0.4 is 0 Å². The molecule has 5 unspecified atom stereocenters. The number of hydrogen-bond donors (Lipinski definition) is 0. The molecule has 0 aromatic rings. The van der Waals surface area contributed by atoms with Crippen LogP contribution in [0.3, 0.4) is 0 Å². The molecule has 0 nitrogen and oxygen atoms in total. The fourth-order valence-corrected chi connectivity index (χ4v) is 5.25. The highest BCUT2D eigenvalue weighted by Crippen LogP contribution is 2.60.